The van der Waals surface area contributed by atoms with E-state index in [0.717, 1.165) is 4.90 Å². The molecule has 1 saturated heterocycles. The molecule has 0 bridgehead atoms. The minimum atomic E-state index is -1.20. The van der Waals surface area contributed by atoms with Crippen LogP contribution in [0.4, 0.5) is 9.59 Å². The van der Waals surface area contributed by atoms with E-state index in [0.29, 0.717) is 6.42 Å². The molecule has 8 nitrogen and oxygen atoms in total. The number of carboxylic acids is 1. The van der Waals surface area contributed by atoms with Crippen molar-refractivity contribution < 1.29 is 29.3 Å². The highest BCUT2D eigenvalue weighted by molar-refractivity contribution is 5.80. The van der Waals surface area contributed by atoms with E-state index in [-0.39, 0.29) is 13.1 Å². The van der Waals surface area contributed by atoms with Crippen molar-refractivity contribution in [2.45, 2.75) is 38.8 Å². The van der Waals surface area contributed by atoms with Crippen molar-refractivity contribution in [3.8, 4) is 0 Å². The molecule has 8 heteroatoms. The fourth-order valence-corrected chi connectivity index (χ4v) is 2.05. The number of nitrogens with zero attached hydrogens (tertiary/aromatic N) is 1. The van der Waals surface area contributed by atoms with E-state index in [1.807, 2.05) is 0 Å². The van der Waals surface area contributed by atoms with Gasteiger partial charge in [-0.15, -0.1) is 0 Å². The van der Waals surface area contributed by atoms with E-state index in [9.17, 15) is 14.4 Å². The highest BCUT2D eigenvalue weighted by atomic mass is 16.6. The number of ether oxygens (including phenoxy) is 1. The van der Waals surface area contributed by atoms with E-state index >= 15 is 0 Å². The molecule has 1 aliphatic rings. The van der Waals surface area contributed by atoms with Crippen LogP contribution < -0.4 is 5.32 Å². The Balaban J connectivity index is 2.65. The van der Waals surface area contributed by atoms with Gasteiger partial charge in [0.15, 0.2) is 0 Å². The molecule has 0 saturated carbocycles. The van der Waals surface area contributed by atoms with Gasteiger partial charge in [0, 0.05) is 19.0 Å². The molecule has 0 radical (unpaired) electrons. The van der Waals surface area contributed by atoms with E-state index in [1.54, 1.807) is 20.8 Å². The Bertz CT molecular complexity index is 403. The second-order valence-corrected chi connectivity index (χ2v) is 5.74. The molecule has 1 fully saturated rings. The molecule has 0 spiro atoms. The third-order valence-corrected chi connectivity index (χ3v) is 2.90. The second kappa shape index (κ2) is 5.98. The van der Waals surface area contributed by atoms with Gasteiger partial charge in [0.2, 0.25) is 0 Å². The Morgan fingerprint density at radius 2 is 1.90 bits per heavy atom. The van der Waals surface area contributed by atoms with Crippen LogP contribution in [0.25, 0.3) is 0 Å². The van der Waals surface area contributed by atoms with Gasteiger partial charge in [-0.1, -0.05) is 0 Å². The van der Waals surface area contributed by atoms with Crippen molar-refractivity contribution in [2.24, 2.45) is 5.92 Å². The molecule has 2 unspecified atom stereocenters. The summed E-state index contributed by atoms with van der Waals surface area (Å²) in [5.74, 6) is -1.66. The number of carbonyl (C=O) groups is 3. The lowest BCUT2D eigenvalue weighted by Gasteiger charge is -2.24. The Morgan fingerprint density at radius 1 is 1.30 bits per heavy atom. The zero-order chi connectivity index (χ0) is 15.5. The number of alkyl carbamates (subject to hydrolysis) is 1. The van der Waals surface area contributed by atoms with Gasteiger partial charge in [-0.2, -0.15) is 0 Å². The molecule has 0 aromatic rings. The molecule has 114 valence electrons. The van der Waals surface area contributed by atoms with E-state index in [4.69, 9.17) is 14.9 Å². The van der Waals surface area contributed by atoms with Gasteiger partial charge in [-0.25, -0.2) is 14.4 Å². The van der Waals surface area contributed by atoms with Crippen molar-refractivity contribution in [3.05, 3.63) is 0 Å². The van der Waals surface area contributed by atoms with Crippen LogP contribution in [0.5, 0.6) is 0 Å². The Hall–Kier alpha value is -1.99. The molecular formula is C12H20N2O6. The molecule has 0 aliphatic carbocycles. The maximum atomic E-state index is 11.6. The average Bonchev–Trinajstić information content (AvgIpc) is 2.71. The van der Waals surface area contributed by atoms with Crippen LogP contribution in [0, 0.1) is 5.92 Å². The fraction of sp³-hybridized carbons (Fsp3) is 0.750. The Morgan fingerprint density at radius 3 is 2.30 bits per heavy atom. The number of carboxylic acid groups (broad SMARTS) is 2. The minimum Gasteiger partial charge on any atom is -0.480 e. The number of nitrogens with one attached hydrogen (secondary N) is 1. The summed E-state index contributed by atoms with van der Waals surface area (Å²) in [4.78, 5) is 34.8. The molecule has 2 atom stereocenters. The monoisotopic (exact) mass is 288 g/mol. The standard InChI is InChI=1S/C12H20N2O6/c1-12(2,3)20-10(17)13-8(9(15)16)7-4-5-14(6-7)11(18)19/h7-8H,4-6H2,1-3H3,(H,13,17)(H,15,16)(H,18,19). The van der Waals surface area contributed by atoms with E-state index < -0.39 is 35.7 Å². The molecule has 0 aromatic heterocycles. The summed E-state index contributed by atoms with van der Waals surface area (Å²) >= 11 is 0. The first kappa shape index (κ1) is 16.1. The highest BCUT2D eigenvalue weighted by Crippen LogP contribution is 2.20. The molecular weight excluding hydrogens is 268 g/mol. The zero-order valence-corrected chi connectivity index (χ0v) is 11.8. The number of likely N-dealkylation sites (tertiary alicyclic amines) is 1. The fourth-order valence-electron chi connectivity index (χ4n) is 2.05. The molecule has 2 amide bonds. The lowest BCUT2D eigenvalue weighted by atomic mass is 9.99. The summed E-state index contributed by atoms with van der Waals surface area (Å²) in [6.45, 7) is 5.36. The number of hydrogen-bond acceptors (Lipinski definition) is 4. The van der Waals surface area contributed by atoms with Crippen molar-refractivity contribution in [1.82, 2.24) is 10.2 Å². The maximum Gasteiger partial charge on any atom is 0.408 e. The van der Waals surface area contributed by atoms with Crippen LogP contribution in [0.15, 0.2) is 0 Å². The highest BCUT2D eigenvalue weighted by Gasteiger charge is 2.37. The van der Waals surface area contributed by atoms with Gasteiger partial charge < -0.3 is 25.2 Å². The predicted octanol–water partition coefficient (Wildman–Crippen LogP) is 0.964. The van der Waals surface area contributed by atoms with Gasteiger partial charge in [0.25, 0.3) is 0 Å². The minimum absolute atomic E-state index is 0.0854. The normalized spacial score (nSPS) is 20.4. The second-order valence-electron chi connectivity index (χ2n) is 5.74. The summed E-state index contributed by atoms with van der Waals surface area (Å²) in [5, 5.41) is 20.3. The maximum absolute atomic E-state index is 11.6. The summed E-state index contributed by atoms with van der Waals surface area (Å²) in [6, 6.07) is -1.16. The SMILES string of the molecule is CC(C)(C)OC(=O)NC(C(=O)O)C1CCN(C(=O)O)C1. The number of carbonyl (C=O) groups excluding carboxylic acids is 1. The zero-order valence-electron chi connectivity index (χ0n) is 11.8. The third-order valence-electron chi connectivity index (χ3n) is 2.90. The van der Waals surface area contributed by atoms with Crippen molar-refractivity contribution in [3.63, 3.8) is 0 Å². The van der Waals surface area contributed by atoms with Crippen molar-refractivity contribution >= 4 is 18.2 Å². The average molecular weight is 288 g/mol. The summed E-state index contributed by atoms with van der Waals surface area (Å²) in [7, 11) is 0. The smallest absolute Gasteiger partial charge is 0.408 e. The van der Waals surface area contributed by atoms with E-state index in [2.05, 4.69) is 5.32 Å². The first-order valence-corrected chi connectivity index (χ1v) is 6.30. The molecule has 3 N–H and O–H groups in total. The van der Waals surface area contributed by atoms with Gasteiger partial charge in [0.05, 0.1) is 0 Å². The van der Waals surface area contributed by atoms with Crippen LogP contribution in [0.1, 0.15) is 27.2 Å². The van der Waals surface area contributed by atoms with Gasteiger partial charge in [0.1, 0.15) is 11.6 Å². The van der Waals surface area contributed by atoms with Crippen molar-refractivity contribution in [2.75, 3.05) is 13.1 Å². The quantitative estimate of drug-likeness (QED) is 0.712. The summed E-state index contributed by atoms with van der Waals surface area (Å²) in [6.07, 6.45) is -1.52. The molecule has 1 aliphatic heterocycles. The predicted molar refractivity (Wildman–Crippen MR) is 68.5 cm³/mol. The molecule has 20 heavy (non-hydrogen) atoms. The number of rotatable bonds is 3. The summed E-state index contributed by atoms with van der Waals surface area (Å²) in [5.41, 5.74) is -0.726. The van der Waals surface area contributed by atoms with Gasteiger partial charge >= 0.3 is 18.2 Å². The van der Waals surface area contributed by atoms with Crippen LogP contribution >= 0.6 is 0 Å². The van der Waals surface area contributed by atoms with Crippen LogP contribution in [0.2, 0.25) is 0 Å². The topological polar surface area (TPSA) is 116 Å². The Labute approximate surface area is 116 Å². The lowest BCUT2D eigenvalue weighted by Crippen LogP contribution is -2.48. The number of aliphatic carboxylic acids is 1. The molecule has 1 heterocycles. The number of hydrogen-bond donors (Lipinski definition) is 3. The largest absolute Gasteiger partial charge is 0.480 e. The van der Waals surface area contributed by atoms with Crippen molar-refractivity contribution in [1.29, 1.82) is 0 Å². The van der Waals surface area contributed by atoms with Crippen LogP contribution in [-0.2, 0) is 9.53 Å². The number of amides is 2. The van der Waals surface area contributed by atoms with E-state index in [1.165, 1.54) is 0 Å². The first-order valence-electron chi connectivity index (χ1n) is 6.30. The van der Waals surface area contributed by atoms with Crippen LogP contribution in [-0.4, -0.2) is 58.0 Å². The van der Waals surface area contributed by atoms with Gasteiger partial charge in [-0.05, 0) is 27.2 Å². The third kappa shape index (κ3) is 4.60. The van der Waals surface area contributed by atoms with Gasteiger partial charge in [-0.3, -0.25) is 0 Å². The first-order chi connectivity index (χ1) is 9.10. The molecule has 0 aromatic carbocycles. The lowest BCUT2D eigenvalue weighted by molar-refractivity contribution is -0.140. The summed E-state index contributed by atoms with van der Waals surface area (Å²) < 4.78 is 5.01. The Kier molecular flexibility index (Phi) is 4.80. The van der Waals surface area contributed by atoms with Crippen LogP contribution in [0.3, 0.4) is 0 Å². The molecule has 1 rings (SSSR count).